The molecule has 0 spiro atoms. The number of benzene rings is 1. The quantitative estimate of drug-likeness (QED) is 0.813. The maximum absolute atomic E-state index is 13.1. The molecule has 4 heteroatoms. The highest BCUT2D eigenvalue weighted by molar-refractivity contribution is 7.99. The van der Waals surface area contributed by atoms with E-state index in [1.807, 2.05) is 11.8 Å². The zero-order chi connectivity index (χ0) is 11.8. The van der Waals surface area contributed by atoms with Crippen molar-refractivity contribution in [3.05, 3.63) is 35.4 Å². The third-order valence-electron chi connectivity index (χ3n) is 2.66. The summed E-state index contributed by atoms with van der Waals surface area (Å²) < 4.78 is 25.9. The van der Waals surface area contributed by atoms with Crippen molar-refractivity contribution in [3.63, 3.8) is 0 Å². The minimum atomic E-state index is -0.786. The van der Waals surface area contributed by atoms with E-state index < -0.39 is 11.6 Å². The summed E-state index contributed by atoms with van der Waals surface area (Å²) >= 11 is 1.84. The van der Waals surface area contributed by atoms with Crippen LogP contribution in [0.2, 0.25) is 0 Å². The van der Waals surface area contributed by atoms with E-state index in [2.05, 4.69) is 19.2 Å². The van der Waals surface area contributed by atoms with Crippen LogP contribution >= 0.6 is 11.8 Å². The molecule has 2 rings (SSSR count). The first kappa shape index (κ1) is 11.9. The standard InChI is InChI=1S/C12H15F2NS/c1-12(2)7-16-6-11(15-12)8-3-4-9(13)10(14)5-8/h3-5,11,15H,6-7H2,1-2H3. The van der Waals surface area contributed by atoms with Crippen molar-refractivity contribution in [3.8, 4) is 0 Å². The zero-order valence-corrected chi connectivity index (χ0v) is 10.2. The largest absolute Gasteiger partial charge is 0.303 e. The topological polar surface area (TPSA) is 12.0 Å². The van der Waals surface area contributed by atoms with Crippen LogP contribution in [0.15, 0.2) is 18.2 Å². The Morgan fingerprint density at radius 3 is 2.69 bits per heavy atom. The van der Waals surface area contributed by atoms with Gasteiger partial charge in [0, 0.05) is 23.1 Å². The predicted octanol–water partition coefficient (Wildman–Crippen LogP) is 3.12. The van der Waals surface area contributed by atoms with E-state index in [-0.39, 0.29) is 11.6 Å². The third-order valence-corrected chi connectivity index (χ3v) is 4.15. The maximum Gasteiger partial charge on any atom is 0.159 e. The second kappa shape index (κ2) is 4.34. The fraction of sp³-hybridized carbons (Fsp3) is 0.500. The van der Waals surface area contributed by atoms with Crippen molar-refractivity contribution in [1.29, 1.82) is 0 Å². The van der Waals surface area contributed by atoms with Crippen molar-refractivity contribution in [1.82, 2.24) is 5.32 Å². The van der Waals surface area contributed by atoms with Crippen LogP contribution in [0.4, 0.5) is 8.78 Å². The molecule has 88 valence electrons. The molecule has 1 unspecified atom stereocenters. The molecule has 1 aliphatic rings. The van der Waals surface area contributed by atoms with Crippen molar-refractivity contribution in [2.45, 2.75) is 25.4 Å². The summed E-state index contributed by atoms with van der Waals surface area (Å²) in [6, 6.07) is 4.23. The third kappa shape index (κ3) is 2.55. The molecule has 1 nitrogen and oxygen atoms in total. The van der Waals surface area contributed by atoms with Gasteiger partial charge in [-0.25, -0.2) is 8.78 Å². The number of halogens is 2. The Morgan fingerprint density at radius 2 is 2.06 bits per heavy atom. The van der Waals surface area contributed by atoms with E-state index in [4.69, 9.17) is 0 Å². The van der Waals surface area contributed by atoms with E-state index in [9.17, 15) is 8.78 Å². The Morgan fingerprint density at radius 1 is 1.31 bits per heavy atom. The van der Waals surface area contributed by atoms with Gasteiger partial charge in [-0.3, -0.25) is 0 Å². The summed E-state index contributed by atoms with van der Waals surface area (Å²) in [5.74, 6) is 0.376. The molecular formula is C12H15F2NS. The lowest BCUT2D eigenvalue weighted by atomic mass is 10.0. The molecule has 1 heterocycles. The highest BCUT2D eigenvalue weighted by atomic mass is 32.2. The van der Waals surface area contributed by atoms with Crippen LogP contribution in [0, 0.1) is 11.6 Å². The first-order valence-electron chi connectivity index (χ1n) is 5.28. The normalized spacial score (nSPS) is 24.4. The highest BCUT2D eigenvalue weighted by Crippen LogP contribution is 2.29. The first-order valence-corrected chi connectivity index (χ1v) is 6.44. The highest BCUT2D eigenvalue weighted by Gasteiger charge is 2.28. The van der Waals surface area contributed by atoms with Gasteiger partial charge < -0.3 is 5.32 Å². The van der Waals surface area contributed by atoms with Crippen LogP contribution in [-0.2, 0) is 0 Å². The monoisotopic (exact) mass is 243 g/mol. The molecule has 1 atom stereocenters. The van der Waals surface area contributed by atoms with E-state index in [0.717, 1.165) is 17.1 Å². The second-order valence-electron chi connectivity index (χ2n) is 4.77. The number of thioether (sulfide) groups is 1. The second-order valence-corrected chi connectivity index (χ2v) is 5.80. The Bertz CT molecular complexity index is 393. The Balaban J connectivity index is 2.20. The molecule has 0 radical (unpaired) electrons. The average molecular weight is 243 g/mol. The summed E-state index contributed by atoms with van der Waals surface area (Å²) in [5.41, 5.74) is 0.859. The van der Waals surface area contributed by atoms with Crippen LogP contribution in [-0.4, -0.2) is 17.0 Å². The number of hydrogen-bond donors (Lipinski definition) is 1. The number of hydrogen-bond acceptors (Lipinski definition) is 2. The van der Waals surface area contributed by atoms with Crippen molar-refractivity contribution < 1.29 is 8.78 Å². The van der Waals surface area contributed by atoms with Crippen LogP contribution in [0.3, 0.4) is 0 Å². The first-order chi connectivity index (χ1) is 7.48. The molecule has 1 aliphatic heterocycles. The molecule has 1 N–H and O–H groups in total. The predicted molar refractivity (Wildman–Crippen MR) is 63.6 cm³/mol. The maximum atomic E-state index is 13.1. The van der Waals surface area contributed by atoms with Crippen molar-refractivity contribution in [2.75, 3.05) is 11.5 Å². The van der Waals surface area contributed by atoms with Crippen LogP contribution in [0.5, 0.6) is 0 Å². The smallest absolute Gasteiger partial charge is 0.159 e. The van der Waals surface area contributed by atoms with E-state index in [1.54, 1.807) is 6.07 Å². The summed E-state index contributed by atoms with van der Waals surface area (Å²) in [4.78, 5) is 0. The van der Waals surface area contributed by atoms with E-state index in [1.165, 1.54) is 12.1 Å². The van der Waals surface area contributed by atoms with Crippen molar-refractivity contribution in [2.24, 2.45) is 0 Å². The summed E-state index contributed by atoms with van der Waals surface area (Å²) in [5, 5.41) is 3.45. The summed E-state index contributed by atoms with van der Waals surface area (Å²) in [6.07, 6.45) is 0. The molecule has 0 aromatic heterocycles. The minimum absolute atomic E-state index is 0.0401. The Labute approximate surface area is 98.6 Å². The summed E-state index contributed by atoms with van der Waals surface area (Å²) in [7, 11) is 0. The molecule has 1 aromatic carbocycles. The van der Waals surface area contributed by atoms with E-state index in [0.29, 0.717) is 0 Å². The van der Waals surface area contributed by atoms with Crippen molar-refractivity contribution >= 4 is 11.8 Å². The fourth-order valence-electron chi connectivity index (χ4n) is 1.90. The molecule has 1 fully saturated rings. The van der Waals surface area contributed by atoms with Crippen LogP contribution < -0.4 is 5.32 Å². The number of rotatable bonds is 1. The molecule has 0 aliphatic carbocycles. The summed E-state index contributed by atoms with van der Waals surface area (Å²) in [6.45, 7) is 4.23. The van der Waals surface area contributed by atoms with Gasteiger partial charge in [0.15, 0.2) is 11.6 Å². The molecule has 0 bridgehead atoms. The molecule has 16 heavy (non-hydrogen) atoms. The Kier molecular flexibility index (Phi) is 3.22. The van der Waals surface area contributed by atoms with Crippen LogP contribution in [0.25, 0.3) is 0 Å². The Hall–Kier alpha value is -0.610. The van der Waals surface area contributed by atoms with E-state index >= 15 is 0 Å². The SMILES string of the molecule is CC1(C)CSCC(c2ccc(F)c(F)c2)N1. The lowest BCUT2D eigenvalue weighted by Gasteiger charge is -2.37. The zero-order valence-electron chi connectivity index (χ0n) is 9.39. The number of nitrogens with one attached hydrogen (secondary N) is 1. The van der Waals surface area contributed by atoms with Gasteiger partial charge in [-0.1, -0.05) is 6.07 Å². The lowest BCUT2D eigenvalue weighted by Crippen LogP contribution is -2.48. The fourth-order valence-corrected chi connectivity index (χ4v) is 3.12. The molecule has 1 saturated heterocycles. The average Bonchev–Trinajstić information content (AvgIpc) is 2.20. The van der Waals surface area contributed by atoms with Gasteiger partial charge in [-0.05, 0) is 31.5 Å². The van der Waals surface area contributed by atoms with Gasteiger partial charge in [0.2, 0.25) is 0 Å². The van der Waals surface area contributed by atoms with Gasteiger partial charge in [0.1, 0.15) is 0 Å². The van der Waals surface area contributed by atoms with Gasteiger partial charge >= 0.3 is 0 Å². The lowest BCUT2D eigenvalue weighted by molar-refractivity contribution is 0.374. The minimum Gasteiger partial charge on any atom is -0.303 e. The molecule has 0 saturated carbocycles. The van der Waals surface area contributed by atoms with Gasteiger partial charge in [0.05, 0.1) is 0 Å². The molecule has 1 aromatic rings. The van der Waals surface area contributed by atoms with Gasteiger partial charge in [-0.2, -0.15) is 11.8 Å². The molecule has 0 amide bonds. The van der Waals surface area contributed by atoms with Crippen LogP contribution in [0.1, 0.15) is 25.5 Å². The van der Waals surface area contributed by atoms with Gasteiger partial charge in [0.25, 0.3) is 0 Å². The van der Waals surface area contributed by atoms with Gasteiger partial charge in [-0.15, -0.1) is 0 Å². The molecular weight excluding hydrogens is 228 g/mol.